The smallest absolute Gasteiger partial charge is 0.126 e. The van der Waals surface area contributed by atoms with Gasteiger partial charge in [0.05, 0.1) is 7.11 Å². The van der Waals surface area contributed by atoms with Gasteiger partial charge >= 0.3 is 0 Å². The second-order valence-electron chi connectivity index (χ2n) is 5.97. The molecule has 0 amide bonds. The van der Waals surface area contributed by atoms with Gasteiger partial charge < -0.3 is 10.1 Å². The molecule has 2 heteroatoms. The van der Waals surface area contributed by atoms with Crippen molar-refractivity contribution in [3.8, 4) is 5.75 Å². The molecule has 2 nitrogen and oxygen atoms in total. The van der Waals surface area contributed by atoms with E-state index in [1.165, 1.54) is 36.0 Å². The Morgan fingerprint density at radius 1 is 1.26 bits per heavy atom. The van der Waals surface area contributed by atoms with E-state index in [9.17, 15) is 0 Å². The molecule has 0 radical (unpaired) electrons. The minimum atomic E-state index is 0.409. The van der Waals surface area contributed by atoms with Crippen LogP contribution in [-0.2, 0) is 0 Å². The summed E-state index contributed by atoms with van der Waals surface area (Å²) in [7, 11) is 3.86. The summed E-state index contributed by atoms with van der Waals surface area (Å²) in [6.07, 6.45) is 4.04. The molecule has 1 N–H and O–H groups in total. The summed E-state index contributed by atoms with van der Waals surface area (Å²) in [5.74, 6) is 2.59. The molecule has 0 aliphatic heterocycles. The van der Waals surface area contributed by atoms with E-state index in [4.69, 9.17) is 4.74 Å². The lowest BCUT2D eigenvalue weighted by Crippen LogP contribution is -2.27. The molecule has 0 bridgehead atoms. The maximum Gasteiger partial charge on any atom is 0.126 e. The average molecular weight is 261 g/mol. The standard InChI is InChI=1S/C17H27NO/c1-11-9-10-15(17(19-5)13(11)3)16(18-4)14-8-6-7-12(14)2/h9-10,12,14,16,18H,6-8H2,1-5H3. The Bertz CT molecular complexity index is 441. The maximum atomic E-state index is 5.69. The Labute approximate surface area is 117 Å². The van der Waals surface area contributed by atoms with Crippen LogP contribution in [0, 0.1) is 25.7 Å². The molecule has 0 heterocycles. The largest absolute Gasteiger partial charge is 0.496 e. The molecule has 0 saturated heterocycles. The normalized spacial score (nSPS) is 24.5. The van der Waals surface area contributed by atoms with E-state index < -0.39 is 0 Å². The Morgan fingerprint density at radius 3 is 2.53 bits per heavy atom. The molecule has 19 heavy (non-hydrogen) atoms. The van der Waals surface area contributed by atoms with Crippen molar-refractivity contribution < 1.29 is 4.74 Å². The van der Waals surface area contributed by atoms with Crippen molar-refractivity contribution in [2.75, 3.05) is 14.2 Å². The minimum absolute atomic E-state index is 0.409. The van der Waals surface area contributed by atoms with E-state index in [1.807, 2.05) is 0 Å². The fourth-order valence-electron chi connectivity index (χ4n) is 3.60. The lowest BCUT2D eigenvalue weighted by Gasteiger charge is -2.29. The van der Waals surface area contributed by atoms with Crippen LogP contribution in [-0.4, -0.2) is 14.2 Å². The van der Waals surface area contributed by atoms with Gasteiger partial charge in [0.1, 0.15) is 5.75 Å². The number of nitrogens with one attached hydrogen (secondary N) is 1. The molecule has 1 aromatic rings. The van der Waals surface area contributed by atoms with Crippen molar-refractivity contribution >= 4 is 0 Å². The van der Waals surface area contributed by atoms with E-state index in [1.54, 1.807) is 7.11 Å². The molecule has 3 atom stereocenters. The van der Waals surface area contributed by atoms with Crippen LogP contribution in [0.3, 0.4) is 0 Å². The Hall–Kier alpha value is -1.02. The number of hydrogen-bond acceptors (Lipinski definition) is 2. The predicted octanol–water partition coefficient (Wildman–Crippen LogP) is 4.01. The Morgan fingerprint density at radius 2 is 2.00 bits per heavy atom. The van der Waals surface area contributed by atoms with Gasteiger partial charge in [0.25, 0.3) is 0 Å². The SMILES string of the molecule is CNC(c1ccc(C)c(C)c1OC)C1CCCC1C. The summed E-state index contributed by atoms with van der Waals surface area (Å²) in [6, 6.07) is 4.87. The third kappa shape index (κ3) is 2.64. The first-order chi connectivity index (χ1) is 9.10. The first-order valence-electron chi connectivity index (χ1n) is 7.41. The molecule has 0 aromatic heterocycles. The van der Waals surface area contributed by atoms with Gasteiger partial charge in [-0.1, -0.05) is 31.9 Å². The zero-order chi connectivity index (χ0) is 14.0. The number of aryl methyl sites for hydroxylation is 1. The number of methoxy groups -OCH3 is 1. The zero-order valence-corrected chi connectivity index (χ0v) is 12.9. The van der Waals surface area contributed by atoms with Crippen LogP contribution in [0.5, 0.6) is 5.75 Å². The van der Waals surface area contributed by atoms with E-state index in [2.05, 4.69) is 45.3 Å². The van der Waals surface area contributed by atoms with Gasteiger partial charge in [-0.3, -0.25) is 0 Å². The van der Waals surface area contributed by atoms with Crippen molar-refractivity contribution in [2.45, 2.75) is 46.1 Å². The van der Waals surface area contributed by atoms with E-state index in [0.717, 1.165) is 17.6 Å². The van der Waals surface area contributed by atoms with E-state index in [-0.39, 0.29) is 0 Å². The number of benzene rings is 1. The topological polar surface area (TPSA) is 21.3 Å². The lowest BCUT2D eigenvalue weighted by molar-refractivity contribution is 0.304. The molecule has 1 aromatic carbocycles. The van der Waals surface area contributed by atoms with Crippen molar-refractivity contribution in [1.82, 2.24) is 5.32 Å². The van der Waals surface area contributed by atoms with Gasteiger partial charge in [0, 0.05) is 11.6 Å². The third-order valence-electron chi connectivity index (χ3n) is 4.91. The van der Waals surface area contributed by atoms with Gasteiger partial charge in [-0.25, -0.2) is 0 Å². The van der Waals surface area contributed by atoms with Crippen LogP contribution >= 0.6 is 0 Å². The van der Waals surface area contributed by atoms with Crippen LogP contribution in [0.4, 0.5) is 0 Å². The van der Waals surface area contributed by atoms with Crippen LogP contribution in [0.15, 0.2) is 12.1 Å². The van der Waals surface area contributed by atoms with Gasteiger partial charge in [0.2, 0.25) is 0 Å². The second kappa shape index (κ2) is 5.96. The molecular formula is C17H27NO. The monoisotopic (exact) mass is 261 g/mol. The highest BCUT2D eigenvalue weighted by molar-refractivity contribution is 5.47. The first-order valence-corrected chi connectivity index (χ1v) is 7.41. The van der Waals surface area contributed by atoms with Crippen LogP contribution in [0.2, 0.25) is 0 Å². The summed E-state index contributed by atoms with van der Waals surface area (Å²) in [4.78, 5) is 0. The fraction of sp³-hybridized carbons (Fsp3) is 0.647. The molecule has 0 spiro atoms. The Kier molecular flexibility index (Phi) is 4.51. The van der Waals surface area contributed by atoms with Crippen LogP contribution in [0.25, 0.3) is 0 Å². The van der Waals surface area contributed by atoms with Gasteiger partial charge in [-0.05, 0) is 50.3 Å². The van der Waals surface area contributed by atoms with Gasteiger partial charge in [-0.15, -0.1) is 0 Å². The minimum Gasteiger partial charge on any atom is -0.496 e. The lowest BCUT2D eigenvalue weighted by atomic mass is 9.84. The molecule has 1 aliphatic rings. The summed E-state index contributed by atoms with van der Waals surface area (Å²) in [6.45, 7) is 6.69. The van der Waals surface area contributed by atoms with Crippen molar-refractivity contribution in [3.63, 3.8) is 0 Å². The van der Waals surface area contributed by atoms with E-state index in [0.29, 0.717) is 6.04 Å². The first kappa shape index (κ1) is 14.4. The third-order valence-corrected chi connectivity index (χ3v) is 4.91. The summed E-state index contributed by atoms with van der Waals surface area (Å²) >= 11 is 0. The molecule has 2 rings (SSSR count). The number of rotatable bonds is 4. The molecule has 3 unspecified atom stereocenters. The van der Waals surface area contributed by atoms with Crippen molar-refractivity contribution in [2.24, 2.45) is 11.8 Å². The summed E-state index contributed by atoms with van der Waals surface area (Å²) in [5, 5.41) is 3.53. The maximum absolute atomic E-state index is 5.69. The summed E-state index contributed by atoms with van der Waals surface area (Å²) < 4.78 is 5.69. The van der Waals surface area contributed by atoms with Gasteiger partial charge in [-0.2, -0.15) is 0 Å². The van der Waals surface area contributed by atoms with E-state index >= 15 is 0 Å². The summed E-state index contributed by atoms with van der Waals surface area (Å²) in [5.41, 5.74) is 3.90. The second-order valence-corrected chi connectivity index (χ2v) is 5.97. The molecule has 1 fully saturated rings. The van der Waals surface area contributed by atoms with Crippen LogP contribution in [0.1, 0.15) is 48.9 Å². The van der Waals surface area contributed by atoms with Crippen LogP contribution < -0.4 is 10.1 Å². The highest BCUT2D eigenvalue weighted by atomic mass is 16.5. The average Bonchev–Trinajstić information content (AvgIpc) is 2.81. The number of hydrogen-bond donors (Lipinski definition) is 1. The quantitative estimate of drug-likeness (QED) is 0.884. The molecule has 1 saturated carbocycles. The van der Waals surface area contributed by atoms with Crippen molar-refractivity contribution in [1.29, 1.82) is 0 Å². The van der Waals surface area contributed by atoms with Gasteiger partial charge in [0.15, 0.2) is 0 Å². The fourth-order valence-corrected chi connectivity index (χ4v) is 3.60. The molecular weight excluding hydrogens is 234 g/mol. The van der Waals surface area contributed by atoms with Crippen molar-refractivity contribution in [3.05, 3.63) is 28.8 Å². The Balaban J connectivity index is 2.40. The number of ether oxygens (including phenoxy) is 1. The highest BCUT2D eigenvalue weighted by Gasteiger charge is 2.32. The molecule has 106 valence electrons. The highest BCUT2D eigenvalue weighted by Crippen LogP contribution is 2.43. The predicted molar refractivity (Wildman–Crippen MR) is 80.8 cm³/mol. The molecule has 1 aliphatic carbocycles. The zero-order valence-electron chi connectivity index (χ0n) is 12.9.